The Morgan fingerprint density at radius 1 is 1.12 bits per heavy atom. The van der Waals surface area contributed by atoms with E-state index in [0.29, 0.717) is 5.76 Å². The van der Waals surface area contributed by atoms with Crippen molar-refractivity contribution in [1.82, 2.24) is 0 Å². The average Bonchev–Trinajstić information content (AvgIpc) is 2.25. The molecule has 1 unspecified atom stereocenters. The van der Waals surface area contributed by atoms with E-state index >= 15 is 0 Å². The van der Waals surface area contributed by atoms with E-state index in [1.54, 1.807) is 14.0 Å². The number of hydrogen-bond donors (Lipinski definition) is 1. The van der Waals surface area contributed by atoms with Crippen molar-refractivity contribution in [2.75, 3.05) is 7.11 Å². The fourth-order valence-corrected chi connectivity index (χ4v) is 1.47. The van der Waals surface area contributed by atoms with E-state index in [4.69, 9.17) is 4.74 Å². The lowest BCUT2D eigenvalue weighted by molar-refractivity contribution is -0.0449. The van der Waals surface area contributed by atoms with Gasteiger partial charge in [-0.1, -0.05) is 51.1 Å². The molecule has 1 N–H and O–H groups in total. The van der Waals surface area contributed by atoms with Crippen LogP contribution in [0.1, 0.15) is 33.3 Å². The molecule has 2 heteroatoms. The first-order valence-corrected chi connectivity index (χ1v) is 5.82. The SMILES string of the molecule is CO/C(=C/c1ccccc1)C(C)(O)C(C)(C)C. The number of ether oxygens (including phenoxy) is 1. The highest BCUT2D eigenvalue weighted by Gasteiger charge is 2.39. The van der Waals surface area contributed by atoms with Gasteiger partial charge in [0.25, 0.3) is 0 Å². The molecule has 94 valence electrons. The van der Waals surface area contributed by atoms with E-state index in [0.717, 1.165) is 5.56 Å². The van der Waals surface area contributed by atoms with Gasteiger partial charge in [0.05, 0.1) is 7.11 Å². The van der Waals surface area contributed by atoms with E-state index in [1.165, 1.54) is 0 Å². The number of benzene rings is 1. The maximum absolute atomic E-state index is 10.6. The Balaban J connectivity index is 3.12. The van der Waals surface area contributed by atoms with Crippen LogP contribution in [0.15, 0.2) is 36.1 Å². The van der Waals surface area contributed by atoms with Gasteiger partial charge in [-0.05, 0) is 24.0 Å². The molecule has 0 spiro atoms. The van der Waals surface area contributed by atoms with Gasteiger partial charge in [-0.25, -0.2) is 0 Å². The van der Waals surface area contributed by atoms with Gasteiger partial charge in [-0.3, -0.25) is 0 Å². The van der Waals surface area contributed by atoms with E-state index in [-0.39, 0.29) is 5.41 Å². The van der Waals surface area contributed by atoms with Crippen molar-refractivity contribution in [2.45, 2.75) is 33.3 Å². The van der Waals surface area contributed by atoms with Crippen LogP contribution in [0.25, 0.3) is 6.08 Å². The molecule has 0 heterocycles. The van der Waals surface area contributed by atoms with Gasteiger partial charge in [-0.15, -0.1) is 0 Å². The second-order valence-electron chi connectivity index (χ2n) is 5.45. The maximum Gasteiger partial charge on any atom is 0.128 e. The first-order valence-electron chi connectivity index (χ1n) is 5.82. The summed E-state index contributed by atoms with van der Waals surface area (Å²) in [7, 11) is 1.59. The Kier molecular flexibility index (Phi) is 3.99. The third-order valence-electron chi connectivity index (χ3n) is 3.26. The predicted molar refractivity (Wildman–Crippen MR) is 71.5 cm³/mol. The second-order valence-corrected chi connectivity index (χ2v) is 5.45. The monoisotopic (exact) mass is 234 g/mol. The first kappa shape index (κ1) is 13.8. The van der Waals surface area contributed by atoms with E-state index < -0.39 is 5.60 Å². The standard InChI is InChI=1S/C15H22O2/c1-14(2,3)15(4,16)13(17-5)11-12-9-7-6-8-10-12/h6-11,16H,1-5H3/b13-11+. The largest absolute Gasteiger partial charge is 0.498 e. The van der Waals surface area contributed by atoms with Crippen molar-refractivity contribution >= 4 is 6.08 Å². The van der Waals surface area contributed by atoms with Crippen LogP contribution in [0.3, 0.4) is 0 Å². The molecule has 17 heavy (non-hydrogen) atoms. The molecule has 0 saturated carbocycles. The van der Waals surface area contributed by atoms with Crippen molar-refractivity contribution in [2.24, 2.45) is 5.41 Å². The van der Waals surface area contributed by atoms with Crippen molar-refractivity contribution in [3.63, 3.8) is 0 Å². The van der Waals surface area contributed by atoms with Crippen LogP contribution >= 0.6 is 0 Å². The Morgan fingerprint density at radius 3 is 2.06 bits per heavy atom. The molecule has 1 atom stereocenters. The van der Waals surface area contributed by atoms with Crippen LogP contribution in [-0.2, 0) is 4.74 Å². The Hall–Kier alpha value is -1.28. The van der Waals surface area contributed by atoms with Crippen LogP contribution in [0.4, 0.5) is 0 Å². The van der Waals surface area contributed by atoms with E-state index in [1.807, 2.05) is 57.2 Å². The zero-order valence-electron chi connectivity index (χ0n) is 11.3. The summed E-state index contributed by atoms with van der Waals surface area (Å²) in [5.74, 6) is 0.580. The Morgan fingerprint density at radius 2 is 1.65 bits per heavy atom. The molecule has 0 aliphatic rings. The Bertz CT molecular complexity index is 383. The minimum atomic E-state index is -1.00. The van der Waals surface area contributed by atoms with Crippen molar-refractivity contribution in [3.8, 4) is 0 Å². The van der Waals surface area contributed by atoms with Crippen LogP contribution in [0, 0.1) is 5.41 Å². The molecule has 1 rings (SSSR count). The third-order valence-corrected chi connectivity index (χ3v) is 3.26. The van der Waals surface area contributed by atoms with Gasteiger partial charge in [0.15, 0.2) is 0 Å². The maximum atomic E-state index is 10.6. The normalized spacial score (nSPS) is 16.5. The van der Waals surface area contributed by atoms with Gasteiger partial charge >= 0.3 is 0 Å². The molecule has 0 aliphatic heterocycles. The lowest BCUT2D eigenvalue weighted by atomic mass is 9.76. The minimum Gasteiger partial charge on any atom is -0.498 e. The van der Waals surface area contributed by atoms with Gasteiger partial charge in [-0.2, -0.15) is 0 Å². The van der Waals surface area contributed by atoms with Crippen LogP contribution in [-0.4, -0.2) is 17.8 Å². The van der Waals surface area contributed by atoms with Crippen LogP contribution in [0.5, 0.6) is 0 Å². The molecule has 0 fully saturated rings. The van der Waals surface area contributed by atoms with Gasteiger partial charge in [0, 0.05) is 0 Å². The summed E-state index contributed by atoms with van der Waals surface area (Å²) in [6.45, 7) is 7.76. The highest BCUT2D eigenvalue weighted by Crippen LogP contribution is 2.37. The van der Waals surface area contributed by atoms with E-state index in [2.05, 4.69) is 0 Å². The molecule has 1 aromatic rings. The molecule has 1 aromatic carbocycles. The molecular formula is C15H22O2. The predicted octanol–water partition coefficient (Wildman–Crippen LogP) is 3.47. The highest BCUT2D eigenvalue weighted by molar-refractivity contribution is 5.53. The lowest BCUT2D eigenvalue weighted by Crippen LogP contribution is -2.42. The molecule has 0 amide bonds. The van der Waals surface area contributed by atoms with Crippen molar-refractivity contribution in [1.29, 1.82) is 0 Å². The Labute approximate surface area is 104 Å². The zero-order chi connectivity index (χ0) is 13.1. The first-order chi connectivity index (χ1) is 7.79. The summed E-state index contributed by atoms with van der Waals surface area (Å²) < 4.78 is 5.36. The number of aliphatic hydroxyl groups is 1. The van der Waals surface area contributed by atoms with Crippen LogP contribution in [0.2, 0.25) is 0 Å². The van der Waals surface area contributed by atoms with Gasteiger partial charge < -0.3 is 9.84 Å². The summed E-state index contributed by atoms with van der Waals surface area (Å²) >= 11 is 0. The summed E-state index contributed by atoms with van der Waals surface area (Å²) in [5, 5.41) is 10.6. The van der Waals surface area contributed by atoms with Crippen molar-refractivity contribution < 1.29 is 9.84 Å². The summed E-state index contributed by atoms with van der Waals surface area (Å²) in [6.07, 6.45) is 1.88. The molecule has 0 bridgehead atoms. The summed E-state index contributed by atoms with van der Waals surface area (Å²) in [5.41, 5.74) is -0.268. The fourth-order valence-electron chi connectivity index (χ4n) is 1.47. The lowest BCUT2D eigenvalue weighted by Gasteiger charge is -2.38. The van der Waals surface area contributed by atoms with Crippen LogP contribution < -0.4 is 0 Å². The minimum absolute atomic E-state index is 0.288. The van der Waals surface area contributed by atoms with E-state index in [9.17, 15) is 5.11 Å². The van der Waals surface area contributed by atoms with Gasteiger partial charge in [0.1, 0.15) is 11.4 Å². The molecule has 0 radical (unpaired) electrons. The smallest absolute Gasteiger partial charge is 0.128 e. The number of rotatable bonds is 3. The average molecular weight is 234 g/mol. The number of methoxy groups -OCH3 is 1. The topological polar surface area (TPSA) is 29.5 Å². The molecule has 0 saturated heterocycles. The van der Waals surface area contributed by atoms with Gasteiger partial charge in [0.2, 0.25) is 0 Å². The molecule has 0 aromatic heterocycles. The van der Waals surface area contributed by atoms with Crippen molar-refractivity contribution in [3.05, 3.63) is 41.7 Å². The highest BCUT2D eigenvalue weighted by atomic mass is 16.5. The summed E-state index contributed by atoms with van der Waals surface area (Å²) in [6, 6.07) is 9.86. The second kappa shape index (κ2) is 4.92. The summed E-state index contributed by atoms with van der Waals surface area (Å²) in [4.78, 5) is 0. The molecular weight excluding hydrogens is 212 g/mol. The third kappa shape index (κ3) is 3.10. The quantitative estimate of drug-likeness (QED) is 0.811. The molecule has 2 nitrogen and oxygen atoms in total. The zero-order valence-corrected chi connectivity index (χ0v) is 11.3. The number of hydrogen-bond acceptors (Lipinski definition) is 2. The fraction of sp³-hybridized carbons (Fsp3) is 0.467. The molecule has 0 aliphatic carbocycles.